The molecule has 1 aliphatic heterocycles. The number of thiazole rings is 1. The second kappa shape index (κ2) is 8.41. The SMILES string of the molecule is CN(Cc1nc2ccccc2s1)C(=O)[C@@H]1CCCN(S(=O)(=O)c2ccc(F)cc2)C1. The van der Waals surface area contributed by atoms with Crippen molar-refractivity contribution in [1.29, 1.82) is 0 Å². The molecule has 6 nitrogen and oxygen atoms in total. The van der Waals surface area contributed by atoms with E-state index in [9.17, 15) is 17.6 Å². The summed E-state index contributed by atoms with van der Waals surface area (Å²) in [7, 11) is -2.04. The molecule has 1 aliphatic rings. The van der Waals surface area contributed by atoms with Crippen LogP contribution in [0.4, 0.5) is 4.39 Å². The summed E-state index contributed by atoms with van der Waals surface area (Å²) in [5.74, 6) is -0.987. The molecule has 2 aromatic carbocycles. The van der Waals surface area contributed by atoms with Crippen LogP contribution in [0.1, 0.15) is 17.8 Å². The molecule has 1 aromatic heterocycles. The van der Waals surface area contributed by atoms with Gasteiger partial charge in [-0.3, -0.25) is 4.79 Å². The molecule has 158 valence electrons. The lowest BCUT2D eigenvalue weighted by molar-refractivity contribution is -0.135. The molecule has 9 heteroatoms. The van der Waals surface area contributed by atoms with Crippen LogP contribution in [-0.4, -0.2) is 48.7 Å². The van der Waals surface area contributed by atoms with Gasteiger partial charge in [0.2, 0.25) is 15.9 Å². The minimum atomic E-state index is -3.76. The summed E-state index contributed by atoms with van der Waals surface area (Å²) in [4.78, 5) is 19.2. The summed E-state index contributed by atoms with van der Waals surface area (Å²) < 4.78 is 41.4. The number of hydrogen-bond acceptors (Lipinski definition) is 5. The van der Waals surface area contributed by atoms with E-state index in [-0.39, 0.29) is 17.3 Å². The third-order valence-electron chi connectivity index (χ3n) is 5.27. The van der Waals surface area contributed by atoms with Gasteiger partial charge in [0.05, 0.1) is 27.6 Å². The van der Waals surface area contributed by atoms with Gasteiger partial charge < -0.3 is 4.90 Å². The van der Waals surface area contributed by atoms with Crippen LogP contribution in [-0.2, 0) is 21.4 Å². The van der Waals surface area contributed by atoms with Gasteiger partial charge in [0, 0.05) is 20.1 Å². The Labute approximate surface area is 179 Å². The molecule has 0 spiro atoms. The van der Waals surface area contributed by atoms with Gasteiger partial charge in [-0.15, -0.1) is 11.3 Å². The van der Waals surface area contributed by atoms with Gasteiger partial charge in [-0.25, -0.2) is 17.8 Å². The largest absolute Gasteiger partial charge is 0.339 e. The molecule has 1 fully saturated rings. The molecular weight excluding hydrogens is 425 g/mol. The van der Waals surface area contributed by atoms with Crippen molar-refractivity contribution in [3.8, 4) is 0 Å². The highest BCUT2D eigenvalue weighted by Gasteiger charge is 2.34. The highest BCUT2D eigenvalue weighted by atomic mass is 32.2. The maximum absolute atomic E-state index is 13.2. The number of benzene rings is 2. The highest BCUT2D eigenvalue weighted by Crippen LogP contribution is 2.27. The lowest BCUT2D eigenvalue weighted by Crippen LogP contribution is -2.45. The van der Waals surface area contributed by atoms with E-state index in [1.54, 1.807) is 23.3 Å². The molecule has 0 saturated carbocycles. The summed E-state index contributed by atoms with van der Waals surface area (Å²) in [6, 6.07) is 12.6. The van der Waals surface area contributed by atoms with Crippen molar-refractivity contribution in [3.05, 3.63) is 59.4 Å². The Kier molecular flexibility index (Phi) is 5.86. The van der Waals surface area contributed by atoms with Crippen LogP contribution in [0, 0.1) is 11.7 Å². The van der Waals surface area contributed by atoms with Crippen molar-refractivity contribution in [2.24, 2.45) is 5.92 Å². The van der Waals surface area contributed by atoms with Crippen molar-refractivity contribution < 1.29 is 17.6 Å². The first kappa shape index (κ1) is 20.9. The highest BCUT2D eigenvalue weighted by molar-refractivity contribution is 7.89. The number of amides is 1. The molecule has 2 heterocycles. The van der Waals surface area contributed by atoms with Crippen molar-refractivity contribution in [2.75, 3.05) is 20.1 Å². The molecule has 1 atom stereocenters. The normalized spacial score (nSPS) is 17.9. The standard InChI is InChI=1S/C21H22FN3O3S2/c1-24(14-20-23-18-6-2-3-7-19(18)29-20)21(26)15-5-4-12-25(13-15)30(27,28)17-10-8-16(22)9-11-17/h2-3,6-11,15H,4-5,12-14H2,1H3/t15-/m1/s1. The van der Waals surface area contributed by atoms with Gasteiger partial charge in [0.15, 0.2) is 0 Å². The van der Waals surface area contributed by atoms with Crippen LogP contribution in [0.3, 0.4) is 0 Å². The first-order valence-electron chi connectivity index (χ1n) is 9.70. The molecule has 4 rings (SSSR count). The average molecular weight is 448 g/mol. The van der Waals surface area contributed by atoms with Gasteiger partial charge in [0.25, 0.3) is 0 Å². The monoisotopic (exact) mass is 447 g/mol. The van der Waals surface area contributed by atoms with E-state index in [1.165, 1.54) is 16.4 Å². The zero-order valence-electron chi connectivity index (χ0n) is 16.5. The van der Waals surface area contributed by atoms with Crippen LogP contribution in [0.15, 0.2) is 53.4 Å². The van der Waals surface area contributed by atoms with Crippen molar-refractivity contribution in [3.63, 3.8) is 0 Å². The van der Waals surface area contributed by atoms with E-state index in [4.69, 9.17) is 0 Å². The molecule has 0 N–H and O–H groups in total. The Balaban J connectivity index is 1.45. The summed E-state index contributed by atoms with van der Waals surface area (Å²) in [6.07, 6.45) is 1.24. The lowest BCUT2D eigenvalue weighted by Gasteiger charge is -2.33. The zero-order valence-corrected chi connectivity index (χ0v) is 18.1. The van der Waals surface area contributed by atoms with Crippen molar-refractivity contribution in [1.82, 2.24) is 14.2 Å². The van der Waals surface area contributed by atoms with Crippen LogP contribution in [0.25, 0.3) is 10.2 Å². The summed E-state index contributed by atoms with van der Waals surface area (Å²) in [5.41, 5.74) is 0.910. The molecule has 3 aromatic rings. The number of sulfonamides is 1. The van der Waals surface area contributed by atoms with Gasteiger partial charge in [-0.2, -0.15) is 4.31 Å². The number of rotatable bonds is 5. The van der Waals surface area contributed by atoms with E-state index in [1.807, 2.05) is 24.3 Å². The Morgan fingerprint density at radius 1 is 1.23 bits per heavy atom. The third kappa shape index (κ3) is 4.23. The number of carbonyl (C=O) groups is 1. The second-order valence-corrected chi connectivity index (χ2v) is 10.5. The zero-order chi connectivity index (χ0) is 21.3. The smallest absolute Gasteiger partial charge is 0.243 e. The van der Waals surface area contributed by atoms with Gasteiger partial charge >= 0.3 is 0 Å². The molecule has 1 amide bonds. The maximum Gasteiger partial charge on any atom is 0.243 e. The van der Waals surface area contributed by atoms with Crippen molar-refractivity contribution >= 4 is 37.5 Å². The number of para-hydroxylation sites is 1. The first-order chi connectivity index (χ1) is 14.3. The number of aromatic nitrogens is 1. The quantitative estimate of drug-likeness (QED) is 0.600. The van der Waals surface area contributed by atoms with E-state index in [0.717, 1.165) is 27.4 Å². The van der Waals surface area contributed by atoms with Crippen LogP contribution < -0.4 is 0 Å². The molecule has 0 bridgehead atoms. The Morgan fingerprint density at radius 2 is 1.97 bits per heavy atom. The van der Waals surface area contributed by atoms with Crippen LogP contribution in [0.2, 0.25) is 0 Å². The number of nitrogens with zero attached hydrogens (tertiary/aromatic N) is 3. The van der Waals surface area contributed by atoms with E-state index >= 15 is 0 Å². The Bertz CT molecular complexity index is 1130. The average Bonchev–Trinajstić information content (AvgIpc) is 3.16. The second-order valence-electron chi connectivity index (χ2n) is 7.43. The van der Waals surface area contributed by atoms with Gasteiger partial charge in [0.1, 0.15) is 10.8 Å². The topological polar surface area (TPSA) is 70.6 Å². The fourth-order valence-electron chi connectivity index (χ4n) is 3.70. The number of carbonyl (C=O) groups excluding carboxylic acids is 1. The Morgan fingerprint density at radius 3 is 2.70 bits per heavy atom. The number of fused-ring (bicyclic) bond motifs is 1. The van der Waals surface area contributed by atoms with Gasteiger partial charge in [-0.1, -0.05) is 12.1 Å². The van der Waals surface area contributed by atoms with Crippen molar-refractivity contribution in [2.45, 2.75) is 24.3 Å². The first-order valence-corrected chi connectivity index (χ1v) is 12.0. The molecule has 0 unspecified atom stereocenters. The fraction of sp³-hybridized carbons (Fsp3) is 0.333. The molecular formula is C21H22FN3O3S2. The summed E-state index contributed by atoms with van der Waals surface area (Å²) in [5, 5.41) is 0.846. The fourth-order valence-corrected chi connectivity index (χ4v) is 6.24. The van der Waals surface area contributed by atoms with E-state index < -0.39 is 21.8 Å². The minimum Gasteiger partial charge on any atom is -0.339 e. The lowest BCUT2D eigenvalue weighted by atomic mass is 9.98. The van der Waals surface area contributed by atoms with E-state index in [0.29, 0.717) is 25.9 Å². The number of piperidine rings is 1. The van der Waals surface area contributed by atoms with E-state index in [2.05, 4.69) is 4.98 Å². The predicted molar refractivity (Wildman–Crippen MR) is 114 cm³/mol. The van der Waals surface area contributed by atoms with Crippen LogP contribution >= 0.6 is 11.3 Å². The summed E-state index contributed by atoms with van der Waals surface area (Å²) in [6.45, 7) is 0.868. The van der Waals surface area contributed by atoms with Gasteiger partial charge in [-0.05, 0) is 49.2 Å². The third-order valence-corrected chi connectivity index (χ3v) is 8.17. The maximum atomic E-state index is 13.2. The molecule has 0 radical (unpaired) electrons. The minimum absolute atomic E-state index is 0.0415. The Hall–Kier alpha value is -2.36. The molecule has 0 aliphatic carbocycles. The number of halogens is 1. The summed E-state index contributed by atoms with van der Waals surface area (Å²) >= 11 is 1.55. The number of hydrogen-bond donors (Lipinski definition) is 0. The van der Waals surface area contributed by atoms with Crippen LogP contribution in [0.5, 0.6) is 0 Å². The predicted octanol–water partition coefficient (Wildman–Crippen LogP) is 3.49. The molecule has 1 saturated heterocycles. The molecule has 30 heavy (non-hydrogen) atoms.